The molecule has 1 fully saturated rings. The van der Waals surface area contributed by atoms with Gasteiger partial charge in [-0.25, -0.2) is 0 Å². The highest BCUT2D eigenvalue weighted by Crippen LogP contribution is 2.19. The predicted molar refractivity (Wildman–Crippen MR) is 66.7 cm³/mol. The van der Waals surface area contributed by atoms with Crippen molar-refractivity contribution in [3.05, 3.63) is 0 Å². The van der Waals surface area contributed by atoms with Crippen molar-refractivity contribution in [2.45, 2.75) is 64.1 Å². The molecule has 0 bridgehead atoms. The highest BCUT2D eigenvalue weighted by molar-refractivity contribution is 5.75. The SMILES string of the molecule is CC(O)CCC(=O)NCCOC1CCCCC1. The first kappa shape index (κ1) is 14.5. The summed E-state index contributed by atoms with van der Waals surface area (Å²) in [6, 6.07) is 0. The van der Waals surface area contributed by atoms with Crippen LogP contribution < -0.4 is 5.32 Å². The summed E-state index contributed by atoms with van der Waals surface area (Å²) in [5.74, 6) is -0.00172. The van der Waals surface area contributed by atoms with Crippen LogP contribution >= 0.6 is 0 Å². The van der Waals surface area contributed by atoms with Crippen LogP contribution in [0.5, 0.6) is 0 Å². The fourth-order valence-electron chi connectivity index (χ4n) is 2.08. The van der Waals surface area contributed by atoms with E-state index < -0.39 is 6.10 Å². The van der Waals surface area contributed by atoms with Crippen LogP contribution in [-0.4, -0.2) is 36.4 Å². The molecule has 0 aliphatic heterocycles. The van der Waals surface area contributed by atoms with E-state index in [4.69, 9.17) is 9.84 Å². The first-order valence-electron chi connectivity index (χ1n) is 6.75. The second-order valence-corrected chi connectivity index (χ2v) is 4.87. The summed E-state index contributed by atoms with van der Waals surface area (Å²) in [5.41, 5.74) is 0. The number of hydrogen-bond donors (Lipinski definition) is 2. The maximum absolute atomic E-state index is 11.3. The zero-order chi connectivity index (χ0) is 12.5. The van der Waals surface area contributed by atoms with Crippen LogP contribution in [0.1, 0.15) is 51.9 Å². The third-order valence-electron chi connectivity index (χ3n) is 3.12. The zero-order valence-electron chi connectivity index (χ0n) is 10.8. The average molecular weight is 243 g/mol. The van der Waals surface area contributed by atoms with Crippen molar-refractivity contribution >= 4 is 5.91 Å². The lowest BCUT2D eigenvalue weighted by Crippen LogP contribution is -2.29. The average Bonchev–Trinajstić information content (AvgIpc) is 2.33. The predicted octanol–water partition coefficient (Wildman–Crippen LogP) is 1.61. The molecular formula is C13H25NO3. The topological polar surface area (TPSA) is 58.6 Å². The number of aliphatic hydroxyl groups is 1. The Bertz CT molecular complexity index is 213. The van der Waals surface area contributed by atoms with Crippen molar-refractivity contribution in [2.75, 3.05) is 13.2 Å². The van der Waals surface area contributed by atoms with Gasteiger partial charge in [-0.05, 0) is 26.2 Å². The summed E-state index contributed by atoms with van der Waals surface area (Å²) in [7, 11) is 0. The summed E-state index contributed by atoms with van der Waals surface area (Å²) in [4.78, 5) is 11.3. The van der Waals surface area contributed by atoms with E-state index >= 15 is 0 Å². The van der Waals surface area contributed by atoms with Crippen LogP contribution in [0, 0.1) is 0 Å². The van der Waals surface area contributed by atoms with E-state index in [1.807, 2.05) is 0 Å². The van der Waals surface area contributed by atoms with Crippen molar-refractivity contribution in [1.29, 1.82) is 0 Å². The molecule has 0 aromatic heterocycles. The Morgan fingerprint density at radius 2 is 2.12 bits per heavy atom. The Kier molecular flexibility index (Phi) is 7.21. The molecule has 1 rings (SSSR count). The molecule has 100 valence electrons. The number of carbonyl (C=O) groups excluding carboxylic acids is 1. The van der Waals surface area contributed by atoms with Gasteiger partial charge in [-0.1, -0.05) is 19.3 Å². The van der Waals surface area contributed by atoms with E-state index in [1.54, 1.807) is 6.92 Å². The standard InChI is InChI=1S/C13H25NO3/c1-11(15)7-8-13(16)14-9-10-17-12-5-3-2-4-6-12/h11-12,15H,2-10H2,1H3,(H,14,16). The first-order valence-corrected chi connectivity index (χ1v) is 6.75. The normalized spacial score (nSPS) is 18.9. The quantitative estimate of drug-likeness (QED) is 0.668. The zero-order valence-corrected chi connectivity index (χ0v) is 10.8. The van der Waals surface area contributed by atoms with Crippen molar-refractivity contribution in [3.8, 4) is 0 Å². The number of nitrogens with one attached hydrogen (secondary N) is 1. The number of carbonyl (C=O) groups is 1. The molecule has 1 amide bonds. The fourth-order valence-corrected chi connectivity index (χ4v) is 2.08. The van der Waals surface area contributed by atoms with Crippen LogP contribution in [0.25, 0.3) is 0 Å². The summed E-state index contributed by atoms with van der Waals surface area (Å²) < 4.78 is 5.69. The third-order valence-corrected chi connectivity index (χ3v) is 3.12. The van der Waals surface area contributed by atoms with Gasteiger partial charge in [-0.15, -0.1) is 0 Å². The van der Waals surface area contributed by atoms with Crippen LogP contribution in [-0.2, 0) is 9.53 Å². The molecule has 1 atom stereocenters. The number of amides is 1. The fraction of sp³-hybridized carbons (Fsp3) is 0.923. The van der Waals surface area contributed by atoms with Gasteiger partial charge in [0.2, 0.25) is 5.91 Å². The van der Waals surface area contributed by atoms with Gasteiger partial charge in [0.1, 0.15) is 0 Å². The van der Waals surface area contributed by atoms with Gasteiger partial charge in [0.05, 0.1) is 18.8 Å². The number of aliphatic hydroxyl groups excluding tert-OH is 1. The van der Waals surface area contributed by atoms with Gasteiger partial charge in [-0.3, -0.25) is 4.79 Å². The third kappa shape index (κ3) is 7.34. The highest BCUT2D eigenvalue weighted by Gasteiger charge is 2.13. The molecule has 0 heterocycles. The molecule has 1 saturated carbocycles. The minimum atomic E-state index is -0.403. The Labute approximate surface area is 104 Å². The summed E-state index contributed by atoms with van der Waals surface area (Å²) in [6.45, 7) is 2.87. The summed E-state index contributed by atoms with van der Waals surface area (Å²) >= 11 is 0. The molecule has 1 unspecified atom stereocenters. The second kappa shape index (κ2) is 8.48. The molecule has 0 aromatic rings. The maximum atomic E-state index is 11.3. The minimum absolute atomic E-state index is 0.00172. The monoisotopic (exact) mass is 243 g/mol. The first-order chi connectivity index (χ1) is 8.18. The Balaban J connectivity index is 1.94. The van der Waals surface area contributed by atoms with E-state index in [0.717, 1.165) is 12.8 Å². The number of hydrogen-bond acceptors (Lipinski definition) is 3. The Hall–Kier alpha value is -0.610. The van der Waals surface area contributed by atoms with Gasteiger partial charge < -0.3 is 15.2 Å². The van der Waals surface area contributed by atoms with Crippen molar-refractivity contribution < 1.29 is 14.6 Å². The van der Waals surface area contributed by atoms with Crippen LogP contribution in [0.4, 0.5) is 0 Å². The van der Waals surface area contributed by atoms with E-state index in [1.165, 1.54) is 19.3 Å². The molecule has 0 aromatic carbocycles. The second-order valence-electron chi connectivity index (χ2n) is 4.87. The maximum Gasteiger partial charge on any atom is 0.220 e. The Morgan fingerprint density at radius 1 is 1.41 bits per heavy atom. The minimum Gasteiger partial charge on any atom is -0.393 e. The highest BCUT2D eigenvalue weighted by atomic mass is 16.5. The molecule has 0 saturated heterocycles. The molecule has 0 spiro atoms. The number of ether oxygens (including phenoxy) is 1. The molecule has 1 aliphatic rings. The van der Waals surface area contributed by atoms with Crippen LogP contribution in [0.2, 0.25) is 0 Å². The Morgan fingerprint density at radius 3 is 2.76 bits per heavy atom. The molecular weight excluding hydrogens is 218 g/mol. The van der Waals surface area contributed by atoms with Crippen molar-refractivity contribution in [2.24, 2.45) is 0 Å². The van der Waals surface area contributed by atoms with E-state index in [9.17, 15) is 4.79 Å². The van der Waals surface area contributed by atoms with Gasteiger partial charge >= 0.3 is 0 Å². The molecule has 0 radical (unpaired) electrons. The molecule has 17 heavy (non-hydrogen) atoms. The lowest BCUT2D eigenvalue weighted by atomic mass is 9.98. The molecule has 1 aliphatic carbocycles. The molecule has 2 N–H and O–H groups in total. The lowest BCUT2D eigenvalue weighted by molar-refractivity contribution is -0.122. The summed E-state index contributed by atoms with van der Waals surface area (Å²) in [6.07, 6.45) is 7.10. The van der Waals surface area contributed by atoms with Crippen molar-refractivity contribution in [1.82, 2.24) is 5.32 Å². The molecule has 4 heteroatoms. The van der Waals surface area contributed by atoms with E-state index in [0.29, 0.717) is 32.1 Å². The lowest BCUT2D eigenvalue weighted by Gasteiger charge is -2.22. The van der Waals surface area contributed by atoms with Crippen LogP contribution in [0.3, 0.4) is 0 Å². The van der Waals surface area contributed by atoms with Gasteiger partial charge in [0, 0.05) is 13.0 Å². The largest absolute Gasteiger partial charge is 0.393 e. The van der Waals surface area contributed by atoms with Gasteiger partial charge in [-0.2, -0.15) is 0 Å². The van der Waals surface area contributed by atoms with E-state index in [2.05, 4.69) is 5.32 Å². The van der Waals surface area contributed by atoms with Gasteiger partial charge in [0.25, 0.3) is 0 Å². The van der Waals surface area contributed by atoms with Gasteiger partial charge in [0.15, 0.2) is 0 Å². The van der Waals surface area contributed by atoms with Crippen LogP contribution in [0.15, 0.2) is 0 Å². The summed E-state index contributed by atoms with van der Waals surface area (Å²) in [5, 5.41) is 11.8. The van der Waals surface area contributed by atoms with E-state index in [-0.39, 0.29) is 5.91 Å². The smallest absolute Gasteiger partial charge is 0.220 e. The number of rotatable bonds is 7. The molecule has 4 nitrogen and oxygen atoms in total. The van der Waals surface area contributed by atoms with Crippen molar-refractivity contribution in [3.63, 3.8) is 0 Å².